The highest BCUT2D eigenvalue weighted by atomic mass is 16.2. The molecule has 0 spiro atoms. The van der Waals surface area contributed by atoms with Gasteiger partial charge in [0.15, 0.2) is 5.78 Å². The van der Waals surface area contributed by atoms with Crippen molar-refractivity contribution < 1.29 is 14.4 Å². The molecule has 120 valence electrons. The molecule has 0 saturated heterocycles. The monoisotopic (exact) mass is 305 g/mol. The Morgan fingerprint density at radius 3 is 2.32 bits per heavy atom. The van der Waals surface area contributed by atoms with Gasteiger partial charge in [-0.2, -0.15) is 0 Å². The molecule has 0 fully saturated rings. The number of carbonyl (C=O) groups excluding carboxylic acids is 3. The van der Waals surface area contributed by atoms with Crippen LogP contribution in [0.3, 0.4) is 0 Å². The molecular formula is C16H23N3O3. The van der Waals surface area contributed by atoms with Gasteiger partial charge in [0.05, 0.1) is 0 Å². The molecule has 0 aliphatic rings. The second kappa shape index (κ2) is 8.81. The second-order valence-corrected chi connectivity index (χ2v) is 5.14. The van der Waals surface area contributed by atoms with Crippen LogP contribution in [0.15, 0.2) is 24.3 Å². The number of benzene rings is 1. The molecule has 0 bridgehead atoms. The molecule has 1 atom stereocenters. The lowest BCUT2D eigenvalue weighted by Crippen LogP contribution is -2.36. The zero-order chi connectivity index (χ0) is 16.5. The molecule has 0 heterocycles. The van der Waals surface area contributed by atoms with Gasteiger partial charge in [-0.3, -0.25) is 9.59 Å². The average Bonchev–Trinajstić information content (AvgIpc) is 2.47. The molecule has 3 amide bonds. The first-order chi connectivity index (χ1) is 10.4. The summed E-state index contributed by atoms with van der Waals surface area (Å²) >= 11 is 0. The van der Waals surface area contributed by atoms with Gasteiger partial charge in [-0.25, -0.2) is 4.79 Å². The fourth-order valence-corrected chi connectivity index (χ4v) is 1.70. The number of amides is 3. The van der Waals surface area contributed by atoms with Gasteiger partial charge in [-0.05, 0) is 44.5 Å². The Hall–Kier alpha value is -2.37. The summed E-state index contributed by atoms with van der Waals surface area (Å²) in [5.41, 5.74) is 1.18. The number of urea groups is 1. The molecule has 1 rings (SSSR count). The van der Waals surface area contributed by atoms with Crippen LogP contribution in [-0.4, -0.2) is 30.3 Å². The van der Waals surface area contributed by atoms with Crippen molar-refractivity contribution in [2.45, 2.75) is 39.7 Å². The highest BCUT2D eigenvalue weighted by Gasteiger charge is 2.07. The van der Waals surface area contributed by atoms with Gasteiger partial charge in [-0.1, -0.05) is 6.92 Å². The van der Waals surface area contributed by atoms with Crippen molar-refractivity contribution in [3.63, 3.8) is 0 Å². The van der Waals surface area contributed by atoms with E-state index < -0.39 is 0 Å². The Bertz CT molecular complexity index is 526. The smallest absolute Gasteiger partial charge is 0.319 e. The standard InChI is InChI=1S/C16H23N3O3/c1-4-11(2)18-15(21)9-10-17-16(22)19-14-7-5-13(6-8-14)12(3)20/h5-8,11H,4,9-10H2,1-3H3,(H,18,21)(H2,17,19,22)/t11-/m0/s1. The van der Waals surface area contributed by atoms with E-state index in [2.05, 4.69) is 16.0 Å². The third kappa shape index (κ3) is 6.39. The lowest BCUT2D eigenvalue weighted by Gasteiger charge is -2.12. The van der Waals surface area contributed by atoms with E-state index in [1.54, 1.807) is 24.3 Å². The number of anilines is 1. The van der Waals surface area contributed by atoms with E-state index in [1.807, 2.05) is 13.8 Å². The highest BCUT2D eigenvalue weighted by Crippen LogP contribution is 2.09. The first kappa shape index (κ1) is 17.7. The number of rotatable bonds is 7. The van der Waals surface area contributed by atoms with Crippen LogP contribution in [-0.2, 0) is 4.79 Å². The Balaban J connectivity index is 2.31. The summed E-state index contributed by atoms with van der Waals surface area (Å²) in [5.74, 6) is -0.108. The SMILES string of the molecule is CC[C@H](C)NC(=O)CCNC(=O)Nc1ccc(C(C)=O)cc1. The predicted molar refractivity (Wildman–Crippen MR) is 86.0 cm³/mol. The van der Waals surface area contributed by atoms with Crippen molar-refractivity contribution in [2.75, 3.05) is 11.9 Å². The van der Waals surface area contributed by atoms with Crippen molar-refractivity contribution in [1.82, 2.24) is 10.6 Å². The molecule has 1 aromatic rings. The van der Waals surface area contributed by atoms with Crippen molar-refractivity contribution in [2.24, 2.45) is 0 Å². The van der Waals surface area contributed by atoms with Gasteiger partial charge in [0.25, 0.3) is 0 Å². The largest absolute Gasteiger partial charge is 0.354 e. The average molecular weight is 305 g/mol. The number of carbonyl (C=O) groups is 3. The molecule has 6 heteroatoms. The Morgan fingerprint density at radius 1 is 1.14 bits per heavy atom. The van der Waals surface area contributed by atoms with Gasteiger partial charge in [-0.15, -0.1) is 0 Å². The summed E-state index contributed by atoms with van der Waals surface area (Å²) < 4.78 is 0. The number of Topliss-reactive ketones (excluding diaryl/α,β-unsaturated/α-hetero) is 1. The van der Waals surface area contributed by atoms with Crippen molar-refractivity contribution in [1.29, 1.82) is 0 Å². The highest BCUT2D eigenvalue weighted by molar-refractivity contribution is 5.95. The first-order valence-electron chi connectivity index (χ1n) is 7.37. The quantitative estimate of drug-likeness (QED) is 0.676. The number of hydrogen-bond donors (Lipinski definition) is 3. The van der Waals surface area contributed by atoms with Crippen LogP contribution in [0.5, 0.6) is 0 Å². The van der Waals surface area contributed by atoms with Crippen LogP contribution < -0.4 is 16.0 Å². The predicted octanol–water partition coefficient (Wildman–Crippen LogP) is 2.32. The first-order valence-corrected chi connectivity index (χ1v) is 7.37. The topological polar surface area (TPSA) is 87.3 Å². The molecule has 6 nitrogen and oxygen atoms in total. The van der Waals surface area contributed by atoms with E-state index in [0.29, 0.717) is 11.3 Å². The van der Waals surface area contributed by atoms with E-state index in [1.165, 1.54) is 6.92 Å². The second-order valence-electron chi connectivity index (χ2n) is 5.14. The fourth-order valence-electron chi connectivity index (χ4n) is 1.70. The van der Waals surface area contributed by atoms with Gasteiger partial charge < -0.3 is 16.0 Å². The summed E-state index contributed by atoms with van der Waals surface area (Å²) in [4.78, 5) is 34.4. The molecule has 0 unspecified atom stereocenters. The van der Waals surface area contributed by atoms with Crippen molar-refractivity contribution in [3.8, 4) is 0 Å². The van der Waals surface area contributed by atoms with E-state index in [4.69, 9.17) is 0 Å². The van der Waals surface area contributed by atoms with E-state index in [0.717, 1.165) is 6.42 Å². The van der Waals surface area contributed by atoms with Crippen LogP contribution in [0.2, 0.25) is 0 Å². The van der Waals surface area contributed by atoms with Gasteiger partial charge in [0.1, 0.15) is 0 Å². The minimum Gasteiger partial charge on any atom is -0.354 e. The van der Waals surface area contributed by atoms with Crippen molar-refractivity contribution >= 4 is 23.4 Å². The summed E-state index contributed by atoms with van der Waals surface area (Å²) in [7, 11) is 0. The lowest BCUT2D eigenvalue weighted by atomic mass is 10.1. The van der Waals surface area contributed by atoms with Crippen LogP contribution in [0, 0.1) is 0 Å². The van der Waals surface area contributed by atoms with Crippen molar-refractivity contribution in [3.05, 3.63) is 29.8 Å². The molecule has 0 saturated carbocycles. The maximum atomic E-state index is 11.7. The van der Waals surface area contributed by atoms with Gasteiger partial charge in [0.2, 0.25) is 5.91 Å². The third-order valence-electron chi connectivity index (χ3n) is 3.21. The molecule has 3 N–H and O–H groups in total. The molecule has 0 aliphatic carbocycles. The normalized spacial score (nSPS) is 11.4. The van der Waals surface area contributed by atoms with E-state index in [9.17, 15) is 14.4 Å². The van der Waals surface area contributed by atoms with Crippen LogP contribution in [0.4, 0.5) is 10.5 Å². The van der Waals surface area contributed by atoms with Gasteiger partial charge in [0, 0.05) is 30.3 Å². The minimum atomic E-state index is -0.382. The van der Waals surface area contributed by atoms with E-state index in [-0.39, 0.29) is 36.7 Å². The number of nitrogens with one attached hydrogen (secondary N) is 3. The zero-order valence-corrected chi connectivity index (χ0v) is 13.2. The molecule has 22 heavy (non-hydrogen) atoms. The maximum absolute atomic E-state index is 11.7. The minimum absolute atomic E-state index is 0.0247. The lowest BCUT2D eigenvalue weighted by molar-refractivity contribution is -0.121. The Morgan fingerprint density at radius 2 is 1.77 bits per heavy atom. The third-order valence-corrected chi connectivity index (χ3v) is 3.21. The summed E-state index contributed by atoms with van der Waals surface area (Å²) in [6.07, 6.45) is 1.11. The molecule has 0 radical (unpaired) electrons. The molecule has 0 aliphatic heterocycles. The van der Waals surface area contributed by atoms with Crippen LogP contribution in [0.1, 0.15) is 44.0 Å². The number of hydrogen-bond acceptors (Lipinski definition) is 3. The Labute approximate surface area is 130 Å². The summed E-state index contributed by atoms with van der Waals surface area (Å²) in [6.45, 7) is 5.68. The molecular weight excluding hydrogens is 282 g/mol. The number of ketones is 1. The Kier molecular flexibility index (Phi) is 7.08. The molecule has 0 aromatic heterocycles. The summed E-state index contributed by atoms with van der Waals surface area (Å²) in [6, 6.07) is 6.38. The maximum Gasteiger partial charge on any atom is 0.319 e. The van der Waals surface area contributed by atoms with Gasteiger partial charge >= 0.3 is 6.03 Å². The van der Waals surface area contributed by atoms with E-state index >= 15 is 0 Å². The fraction of sp³-hybridized carbons (Fsp3) is 0.438. The van der Waals surface area contributed by atoms with Crippen LogP contribution in [0.25, 0.3) is 0 Å². The molecule has 1 aromatic carbocycles. The van der Waals surface area contributed by atoms with Crippen LogP contribution >= 0.6 is 0 Å². The summed E-state index contributed by atoms with van der Waals surface area (Å²) in [5, 5.41) is 8.08. The zero-order valence-electron chi connectivity index (χ0n) is 13.2.